The fourth-order valence-electron chi connectivity index (χ4n) is 2.08. The molecule has 0 aromatic heterocycles. The molecule has 2 amide bonds. The van der Waals surface area contributed by atoms with Crippen molar-refractivity contribution in [1.82, 2.24) is 5.32 Å². The number of hydrogen-bond acceptors (Lipinski definition) is 3. The zero-order chi connectivity index (χ0) is 14.8. The first-order chi connectivity index (χ1) is 9.46. The number of hydrogen-bond donors (Lipinski definition) is 4. The van der Waals surface area contributed by atoms with Crippen LogP contribution in [0.4, 0.5) is 10.5 Å². The van der Waals surface area contributed by atoms with Gasteiger partial charge in [0.15, 0.2) is 0 Å². The van der Waals surface area contributed by atoms with Crippen molar-refractivity contribution >= 4 is 17.7 Å². The largest absolute Gasteiger partial charge is 0.508 e. The molecule has 108 valence electrons. The van der Waals surface area contributed by atoms with Gasteiger partial charge in [0.05, 0.1) is 11.3 Å². The molecule has 6 heteroatoms. The summed E-state index contributed by atoms with van der Waals surface area (Å²) < 4.78 is 0. The van der Waals surface area contributed by atoms with E-state index in [9.17, 15) is 14.7 Å². The van der Waals surface area contributed by atoms with Crippen molar-refractivity contribution in [3.05, 3.63) is 23.8 Å². The molecular formula is C14H18N2O4. The molecule has 0 atom stereocenters. The van der Waals surface area contributed by atoms with E-state index in [0.717, 1.165) is 25.3 Å². The van der Waals surface area contributed by atoms with Crippen LogP contribution in [0.3, 0.4) is 0 Å². The number of carboxylic acid groups (broad SMARTS) is 1. The molecule has 1 fully saturated rings. The average Bonchev–Trinajstić information content (AvgIpc) is 3.19. The third kappa shape index (κ3) is 3.20. The van der Waals surface area contributed by atoms with Gasteiger partial charge in [-0.3, -0.25) is 0 Å². The van der Waals surface area contributed by atoms with E-state index in [-0.39, 0.29) is 22.4 Å². The fraction of sp³-hybridized carbons (Fsp3) is 0.429. The lowest BCUT2D eigenvalue weighted by Gasteiger charge is -2.15. The minimum Gasteiger partial charge on any atom is -0.508 e. The summed E-state index contributed by atoms with van der Waals surface area (Å²) >= 11 is 0. The van der Waals surface area contributed by atoms with Gasteiger partial charge in [0.2, 0.25) is 0 Å². The van der Waals surface area contributed by atoms with Crippen LogP contribution < -0.4 is 10.6 Å². The van der Waals surface area contributed by atoms with Crippen LogP contribution in [0.25, 0.3) is 0 Å². The number of nitrogens with one attached hydrogen (secondary N) is 2. The predicted octanol–water partition coefficient (Wildman–Crippen LogP) is 2.40. The van der Waals surface area contributed by atoms with E-state index < -0.39 is 12.0 Å². The van der Waals surface area contributed by atoms with E-state index in [1.165, 1.54) is 12.1 Å². The number of rotatable bonds is 5. The van der Waals surface area contributed by atoms with Crippen LogP contribution >= 0.6 is 0 Å². The molecule has 0 radical (unpaired) electrons. The SMILES string of the molecule is CCC1(CNC(=O)Nc2ccc(O)cc2C(=O)O)CC1. The quantitative estimate of drug-likeness (QED) is 0.621. The minimum absolute atomic E-state index is 0.142. The number of phenols is 1. The third-order valence-corrected chi connectivity index (χ3v) is 3.81. The Hall–Kier alpha value is -2.24. The molecule has 1 aromatic carbocycles. The number of aromatic hydroxyl groups is 1. The Morgan fingerprint density at radius 2 is 2.05 bits per heavy atom. The van der Waals surface area contributed by atoms with E-state index in [1.807, 2.05) is 0 Å². The highest BCUT2D eigenvalue weighted by Crippen LogP contribution is 2.47. The first-order valence-corrected chi connectivity index (χ1v) is 6.57. The Balaban J connectivity index is 1.99. The molecule has 4 N–H and O–H groups in total. The molecule has 2 rings (SSSR count). The van der Waals surface area contributed by atoms with Crippen molar-refractivity contribution in [2.24, 2.45) is 5.41 Å². The standard InChI is InChI=1S/C14H18N2O4/c1-2-14(5-6-14)8-15-13(20)16-11-4-3-9(17)7-10(11)12(18)19/h3-4,7,17H,2,5-6,8H2,1H3,(H,18,19)(H2,15,16,20). The lowest BCUT2D eigenvalue weighted by atomic mass is 10.0. The minimum atomic E-state index is -1.21. The van der Waals surface area contributed by atoms with Gasteiger partial charge in [0.25, 0.3) is 0 Å². The van der Waals surface area contributed by atoms with Gasteiger partial charge in [-0.2, -0.15) is 0 Å². The zero-order valence-corrected chi connectivity index (χ0v) is 11.3. The molecule has 1 aliphatic rings. The van der Waals surface area contributed by atoms with Gasteiger partial charge in [-0.1, -0.05) is 6.92 Å². The fourth-order valence-corrected chi connectivity index (χ4v) is 2.08. The van der Waals surface area contributed by atoms with Crippen LogP contribution in [0.5, 0.6) is 5.75 Å². The molecule has 0 unspecified atom stereocenters. The van der Waals surface area contributed by atoms with Crippen molar-refractivity contribution in [2.45, 2.75) is 26.2 Å². The monoisotopic (exact) mass is 278 g/mol. The Bertz CT molecular complexity index is 538. The number of anilines is 1. The molecule has 6 nitrogen and oxygen atoms in total. The van der Waals surface area contributed by atoms with Crippen molar-refractivity contribution in [3.8, 4) is 5.75 Å². The lowest BCUT2D eigenvalue weighted by molar-refractivity contribution is 0.0697. The Morgan fingerprint density at radius 3 is 2.60 bits per heavy atom. The molecule has 0 saturated heterocycles. The van der Waals surface area contributed by atoms with Crippen LogP contribution in [0, 0.1) is 5.41 Å². The van der Waals surface area contributed by atoms with E-state index in [0.29, 0.717) is 6.54 Å². The Labute approximate surface area is 116 Å². The second-order valence-electron chi connectivity index (χ2n) is 5.20. The van der Waals surface area contributed by atoms with E-state index in [4.69, 9.17) is 5.11 Å². The van der Waals surface area contributed by atoms with Crippen LogP contribution in [0.1, 0.15) is 36.5 Å². The molecule has 0 spiro atoms. The van der Waals surface area contributed by atoms with Crippen molar-refractivity contribution in [1.29, 1.82) is 0 Å². The summed E-state index contributed by atoms with van der Waals surface area (Å²) in [5.74, 6) is -1.36. The number of benzene rings is 1. The molecule has 1 aromatic rings. The summed E-state index contributed by atoms with van der Waals surface area (Å²) in [4.78, 5) is 22.8. The smallest absolute Gasteiger partial charge is 0.337 e. The van der Waals surface area contributed by atoms with Crippen molar-refractivity contribution < 1.29 is 19.8 Å². The second kappa shape index (κ2) is 5.40. The van der Waals surface area contributed by atoms with Crippen LogP contribution in [-0.4, -0.2) is 28.8 Å². The van der Waals surface area contributed by atoms with Gasteiger partial charge in [-0.25, -0.2) is 9.59 Å². The number of carboxylic acids is 1. The normalized spacial score (nSPS) is 15.4. The molecule has 0 heterocycles. The first-order valence-electron chi connectivity index (χ1n) is 6.57. The summed E-state index contributed by atoms with van der Waals surface area (Å²) in [6.45, 7) is 2.69. The summed E-state index contributed by atoms with van der Waals surface area (Å²) in [6.07, 6.45) is 3.25. The van der Waals surface area contributed by atoms with Crippen LogP contribution in [0.2, 0.25) is 0 Å². The van der Waals surface area contributed by atoms with E-state index >= 15 is 0 Å². The van der Waals surface area contributed by atoms with Gasteiger partial charge in [-0.15, -0.1) is 0 Å². The third-order valence-electron chi connectivity index (χ3n) is 3.81. The summed E-state index contributed by atoms with van der Waals surface area (Å²) in [5.41, 5.74) is 0.244. The summed E-state index contributed by atoms with van der Waals surface area (Å²) in [7, 11) is 0. The maximum absolute atomic E-state index is 11.8. The molecule has 1 saturated carbocycles. The van der Waals surface area contributed by atoms with Crippen molar-refractivity contribution in [2.75, 3.05) is 11.9 Å². The molecule has 1 aliphatic carbocycles. The van der Waals surface area contributed by atoms with Gasteiger partial charge >= 0.3 is 12.0 Å². The second-order valence-corrected chi connectivity index (χ2v) is 5.20. The van der Waals surface area contributed by atoms with Gasteiger partial charge in [-0.05, 0) is 42.9 Å². The average molecular weight is 278 g/mol. The Morgan fingerprint density at radius 1 is 1.35 bits per heavy atom. The van der Waals surface area contributed by atoms with Gasteiger partial charge < -0.3 is 20.8 Å². The Kier molecular flexibility index (Phi) is 3.83. The number of carbonyl (C=O) groups is 2. The molecular weight excluding hydrogens is 260 g/mol. The summed E-state index contributed by atoms with van der Waals surface area (Å²) in [6, 6.07) is 3.37. The highest BCUT2D eigenvalue weighted by Gasteiger charge is 2.40. The number of carbonyl (C=O) groups excluding carboxylic acids is 1. The lowest BCUT2D eigenvalue weighted by Crippen LogP contribution is -2.34. The molecule has 20 heavy (non-hydrogen) atoms. The number of phenolic OH excluding ortho intramolecular Hbond substituents is 1. The highest BCUT2D eigenvalue weighted by molar-refractivity contribution is 6.00. The van der Waals surface area contributed by atoms with Gasteiger partial charge in [0, 0.05) is 6.54 Å². The summed E-state index contributed by atoms with van der Waals surface area (Å²) in [5, 5.41) is 23.6. The van der Waals surface area contributed by atoms with Crippen LogP contribution in [-0.2, 0) is 0 Å². The van der Waals surface area contributed by atoms with E-state index in [1.54, 1.807) is 0 Å². The molecule has 0 bridgehead atoms. The first kappa shape index (κ1) is 14.2. The maximum atomic E-state index is 11.8. The number of urea groups is 1. The highest BCUT2D eigenvalue weighted by atomic mass is 16.4. The van der Waals surface area contributed by atoms with E-state index in [2.05, 4.69) is 17.6 Å². The van der Waals surface area contributed by atoms with Crippen LogP contribution in [0.15, 0.2) is 18.2 Å². The molecule has 0 aliphatic heterocycles. The topological polar surface area (TPSA) is 98.7 Å². The van der Waals surface area contributed by atoms with Crippen molar-refractivity contribution in [3.63, 3.8) is 0 Å². The maximum Gasteiger partial charge on any atom is 0.337 e. The number of aromatic carboxylic acids is 1. The number of amides is 2. The predicted molar refractivity (Wildman–Crippen MR) is 74.0 cm³/mol. The zero-order valence-electron chi connectivity index (χ0n) is 11.3. The van der Waals surface area contributed by atoms with Gasteiger partial charge in [0.1, 0.15) is 5.75 Å².